The van der Waals surface area contributed by atoms with Crippen molar-refractivity contribution in [3.63, 3.8) is 0 Å². The molecule has 0 saturated carbocycles. The van der Waals surface area contributed by atoms with Gasteiger partial charge in [-0.1, -0.05) is 71.4 Å². The van der Waals surface area contributed by atoms with Gasteiger partial charge < -0.3 is 9.29 Å². The fourth-order valence-corrected chi connectivity index (χ4v) is 3.66. The van der Waals surface area contributed by atoms with Crippen LogP contribution < -0.4 is 34.3 Å². The van der Waals surface area contributed by atoms with Crippen molar-refractivity contribution in [2.24, 2.45) is 0 Å². The van der Waals surface area contributed by atoms with Crippen LogP contribution in [0.3, 0.4) is 0 Å². The molecule has 1 rings (SSSR count). The van der Waals surface area contributed by atoms with E-state index in [2.05, 4.69) is 19.9 Å². The van der Waals surface area contributed by atoms with E-state index in [-0.39, 0.29) is 36.0 Å². The van der Waals surface area contributed by atoms with Gasteiger partial charge in [-0.3, -0.25) is 0 Å². The largest absolute Gasteiger partial charge is 1.00 e. The molecule has 0 heterocycles. The molecule has 0 saturated heterocycles. The van der Waals surface area contributed by atoms with E-state index in [1.165, 1.54) is 44.6 Å². The smallest absolute Gasteiger partial charge is 0.745 e. The van der Waals surface area contributed by atoms with E-state index in [4.69, 9.17) is 4.74 Å². The van der Waals surface area contributed by atoms with Gasteiger partial charge in [-0.15, -0.1) is 0 Å². The van der Waals surface area contributed by atoms with Crippen molar-refractivity contribution in [1.29, 1.82) is 0 Å². The number of rotatable bonds is 14. The van der Waals surface area contributed by atoms with Crippen LogP contribution in [0.2, 0.25) is 0 Å². The molecule has 0 N–H and O–H groups in total. The first-order chi connectivity index (χ1) is 12.8. The third kappa shape index (κ3) is 9.17. The van der Waals surface area contributed by atoms with E-state index in [9.17, 15) is 13.0 Å². The van der Waals surface area contributed by atoms with Crippen molar-refractivity contribution >= 4 is 10.1 Å². The maximum Gasteiger partial charge on any atom is 1.00 e. The first-order valence-electron chi connectivity index (χ1n) is 10.5. The molecule has 28 heavy (non-hydrogen) atoms. The molecule has 1 aromatic carbocycles. The monoisotopic (exact) mass is 420 g/mol. The van der Waals surface area contributed by atoms with E-state index in [1.807, 2.05) is 12.1 Å². The van der Waals surface area contributed by atoms with Gasteiger partial charge in [-0.2, -0.15) is 0 Å². The minimum atomic E-state index is -4.56. The zero-order valence-electron chi connectivity index (χ0n) is 18.6. The normalized spacial score (nSPS) is 13.6. The summed E-state index contributed by atoms with van der Waals surface area (Å²) in [6.07, 6.45) is 11.4. The van der Waals surface area contributed by atoms with Crippen LogP contribution in [0.1, 0.15) is 96.6 Å². The van der Waals surface area contributed by atoms with Crippen LogP contribution in [-0.4, -0.2) is 17.9 Å². The van der Waals surface area contributed by atoms with Gasteiger partial charge in [-0.25, -0.2) is 8.42 Å². The number of hydrogen-bond donors (Lipinski definition) is 0. The van der Waals surface area contributed by atoms with Crippen molar-refractivity contribution in [2.45, 2.75) is 103 Å². The van der Waals surface area contributed by atoms with E-state index in [0.717, 1.165) is 37.7 Å². The van der Waals surface area contributed by atoms with Gasteiger partial charge in [0.15, 0.2) is 4.93 Å². The molecule has 1 atom stereocenters. The van der Waals surface area contributed by atoms with Crippen LogP contribution in [-0.2, 0) is 23.0 Å². The van der Waals surface area contributed by atoms with Gasteiger partial charge in [0, 0.05) is 0 Å². The summed E-state index contributed by atoms with van der Waals surface area (Å²) in [4.78, 5) is -1.73. The molecule has 156 valence electrons. The maximum absolute atomic E-state index is 11.7. The fourth-order valence-electron chi connectivity index (χ4n) is 3.11. The summed E-state index contributed by atoms with van der Waals surface area (Å²) in [5, 5.41) is 0. The Morgan fingerprint density at radius 3 is 2.00 bits per heavy atom. The molecule has 4 nitrogen and oxygen atoms in total. The van der Waals surface area contributed by atoms with Gasteiger partial charge >= 0.3 is 29.6 Å². The second kappa shape index (κ2) is 14.0. The number of ether oxygens (including phenoxy) is 1. The number of unbranched alkanes of at least 4 members (excludes halogenated alkanes) is 6. The van der Waals surface area contributed by atoms with Crippen LogP contribution in [0.5, 0.6) is 5.75 Å². The zero-order chi connectivity index (χ0) is 20.3. The summed E-state index contributed by atoms with van der Waals surface area (Å²) < 4.78 is 40.9. The van der Waals surface area contributed by atoms with Crippen LogP contribution in [0, 0.1) is 0 Å². The van der Waals surface area contributed by atoms with Crippen molar-refractivity contribution in [3.05, 3.63) is 29.3 Å². The fraction of sp³-hybridized carbons (Fsp3) is 0.727. The Morgan fingerprint density at radius 1 is 0.929 bits per heavy atom. The van der Waals surface area contributed by atoms with Crippen LogP contribution >= 0.6 is 0 Å². The van der Waals surface area contributed by atoms with Crippen molar-refractivity contribution in [1.82, 2.24) is 0 Å². The topological polar surface area (TPSA) is 66.4 Å². The first kappa shape index (κ1) is 27.9. The second-order valence-corrected chi connectivity index (χ2v) is 9.38. The summed E-state index contributed by atoms with van der Waals surface area (Å²) in [7, 11) is -4.56. The quantitative estimate of drug-likeness (QED) is 0.264. The molecule has 1 unspecified atom stereocenters. The molecular weight excluding hydrogens is 383 g/mol. The predicted molar refractivity (Wildman–Crippen MR) is 111 cm³/mol. The number of hydrogen-bond acceptors (Lipinski definition) is 4. The SMILES string of the molecule is CCCCCCc1ccc(OC(C)(CC)S(=O)(=O)[O-])c(CCCCCC)c1.[Na+]. The Hall–Kier alpha value is -0.0700. The Labute approximate surface area is 194 Å². The molecule has 0 radical (unpaired) electrons. The van der Waals surface area contributed by atoms with Crippen molar-refractivity contribution in [2.75, 3.05) is 0 Å². The average molecular weight is 421 g/mol. The van der Waals surface area contributed by atoms with Gasteiger partial charge in [0.2, 0.25) is 0 Å². The Bertz CT molecular complexity index is 661. The second-order valence-electron chi connectivity index (χ2n) is 7.61. The summed E-state index contributed by atoms with van der Waals surface area (Å²) in [5.41, 5.74) is 2.27. The van der Waals surface area contributed by atoms with Crippen molar-refractivity contribution < 1.29 is 47.3 Å². The van der Waals surface area contributed by atoms with Crippen LogP contribution in [0.15, 0.2) is 18.2 Å². The molecular formula is C22H37NaO4S. The molecule has 6 heteroatoms. The standard InChI is InChI=1S/C22H38O4S.Na/c1-5-8-10-12-14-19-16-17-21(20(18-19)15-13-11-9-6-2)26-22(4,7-3)27(23,24)25;/h16-18H,5-15H2,1-4H3,(H,23,24,25);/q;+1/p-1. The molecule has 1 aromatic rings. The third-order valence-electron chi connectivity index (χ3n) is 5.24. The van der Waals surface area contributed by atoms with E-state index in [1.54, 1.807) is 6.92 Å². The number of benzene rings is 1. The van der Waals surface area contributed by atoms with Crippen LogP contribution in [0.4, 0.5) is 0 Å². The molecule has 0 bridgehead atoms. The number of aryl methyl sites for hydroxylation is 2. The van der Waals surface area contributed by atoms with Gasteiger partial charge in [-0.05, 0) is 56.2 Å². The summed E-state index contributed by atoms with van der Waals surface area (Å²) in [6, 6.07) is 5.99. The Morgan fingerprint density at radius 2 is 1.50 bits per heavy atom. The summed E-state index contributed by atoms with van der Waals surface area (Å²) in [5.74, 6) is 0.535. The first-order valence-corrected chi connectivity index (χ1v) is 11.9. The van der Waals surface area contributed by atoms with E-state index >= 15 is 0 Å². The maximum atomic E-state index is 11.7. The van der Waals surface area contributed by atoms with Crippen LogP contribution in [0.25, 0.3) is 0 Å². The molecule has 0 aliphatic rings. The average Bonchev–Trinajstić information content (AvgIpc) is 2.63. The van der Waals surface area contributed by atoms with E-state index < -0.39 is 15.1 Å². The molecule has 0 spiro atoms. The molecule has 0 amide bonds. The minimum Gasteiger partial charge on any atom is -0.745 e. The predicted octanol–water partition coefficient (Wildman–Crippen LogP) is 2.99. The van der Waals surface area contributed by atoms with Crippen molar-refractivity contribution in [3.8, 4) is 5.75 Å². The van der Waals surface area contributed by atoms with Gasteiger partial charge in [0.25, 0.3) is 0 Å². The summed E-state index contributed by atoms with van der Waals surface area (Å²) in [6.45, 7) is 7.42. The molecule has 0 aliphatic heterocycles. The van der Waals surface area contributed by atoms with Gasteiger partial charge in [0.05, 0.1) is 0 Å². The Balaban J connectivity index is 0.00000729. The molecule has 0 aromatic heterocycles. The Kier molecular flexibility index (Phi) is 14.0. The molecule has 0 fully saturated rings. The summed E-state index contributed by atoms with van der Waals surface area (Å²) >= 11 is 0. The van der Waals surface area contributed by atoms with Gasteiger partial charge in [0.1, 0.15) is 15.9 Å². The van der Waals surface area contributed by atoms with E-state index in [0.29, 0.717) is 5.75 Å². The molecule has 0 aliphatic carbocycles. The minimum absolute atomic E-state index is 0. The zero-order valence-corrected chi connectivity index (χ0v) is 21.4. The third-order valence-corrected chi connectivity index (χ3v) is 6.67.